The van der Waals surface area contributed by atoms with Crippen LogP contribution in [0.15, 0.2) is 28.8 Å². The lowest BCUT2D eigenvalue weighted by molar-refractivity contribution is 0.0693. The van der Waals surface area contributed by atoms with Crippen LogP contribution in [-0.4, -0.2) is 27.2 Å². The number of carboxylic acid groups (broad SMARTS) is 1. The van der Waals surface area contributed by atoms with Crippen molar-refractivity contribution >= 4 is 17.6 Å². The summed E-state index contributed by atoms with van der Waals surface area (Å²) in [7, 11) is 0. The van der Waals surface area contributed by atoms with Crippen molar-refractivity contribution in [2.24, 2.45) is 0 Å². The zero-order valence-electron chi connectivity index (χ0n) is 10.9. The zero-order valence-corrected chi connectivity index (χ0v) is 10.9. The lowest BCUT2D eigenvalue weighted by Crippen LogP contribution is -2.12. The van der Waals surface area contributed by atoms with E-state index in [1.165, 1.54) is 18.2 Å². The first kappa shape index (κ1) is 13.2. The quantitative estimate of drug-likeness (QED) is 0.743. The first-order valence-corrected chi connectivity index (χ1v) is 6.39. The van der Waals surface area contributed by atoms with Gasteiger partial charge in [-0.1, -0.05) is 5.16 Å². The van der Waals surface area contributed by atoms with Crippen molar-refractivity contribution in [3.63, 3.8) is 0 Å². The number of nitrogens with one attached hydrogen (secondary N) is 1. The van der Waals surface area contributed by atoms with Gasteiger partial charge >= 0.3 is 5.97 Å². The van der Waals surface area contributed by atoms with Gasteiger partial charge in [0, 0.05) is 17.7 Å². The SMILES string of the molecule is O=C(Nc1ccc(O)c(C(=O)O)c1)c1cc(C2CC2)on1. The fourth-order valence-electron chi connectivity index (χ4n) is 1.94. The number of carboxylic acids is 1. The molecular weight excluding hydrogens is 276 g/mol. The number of phenols is 1. The maximum atomic E-state index is 12.0. The molecule has 0 spiro atoms. The number of anilines is 1. The summed E-state index contributed by atoms with van der Waals surface area (Å²) >= 11 is 0. The second-order valence-electron chi connectivity index (χ2n) is 4.88. The maximum absolute atomic E-state index is 12.0. The summed E-state index contributed by atoms with van der Waals surface area (Å²) in [4.78, 5) is 22.9. The number of carbonyl (C=O) groups is 2. The van der Waals surface area contributed by atoms with Crippen LogP contribution in [0.1, 0.15) is 45.4 Å². The third-order valence-electron chi connectivity index (χ3n) is 3.23. The van der Waals surface area contributed by atoms with Gasteiger partial charge in [0.05, 0.1) is 0 Å². The monoisotopic (exact) mass is 288 g/mol. The smallest absolute Gasteiger partial charge is 0.339 e. The highest BCUT2D eigenvalue weighted by Crippen LogP contribution is 2.40. The number of benzene rings is 1. The molecule has 1 heterocycles. The fourth-order valence-corrected chi connectivity index (χ4v) is 1.94. The number of nitrogens with zero attached hydrogens (tertiary/aromatic N) is 1. The molecule has 0 radical (unpaired) electrons. The molecule has 2 aromatic rings. The van der Waals surface area contributed by atoms with Gasteiger partial charge in [-0.05, 0) is 31.0 Å². The van der Waals surface area contributed by atoms with Crippen LogP contribution >= 0.6 is 0 Å². The number of carbonyl (C=O) groups excluding carboxylic acids is 1. The molecule has 0 bridgehead atoms. The molecule has 0 atom stereocenters. The maximum Gasteiger partial charge on any atom is 0.339 e. The second-order valence-corrected chi connectivity index (χ2v) is 4.88. The largest absolute Gasteiger partial charge is 0.507 e. The van der Waals surface area contributed by atoms with E-state index in [-0.39, 0.29) is 22.7 Å². The third-order valence-corrected chi connectivity index (χ3v) is 3.23. The van der Waals surface area contributed by atoms with Gasteiger partial charge < -0.3 is 20.1 Å². The molecular formula is C14H12N2O5. The zero-order chi connectivity index (χ0) is 15.0. The van der Waals surface area contributed by atoms with Gasteiger partial charge in [-0.15, -0.1) is 0 Å². The van der Waals surface area contributed by atoms with Gasteiger partial charge in [-0.3, -0.25) is 4.79 Å². The van der Waals surface area contributed by atoms with Crippen LogP contribution in [0.25, 0.3) is 0 Å². The molecule has 1 amide bonds. The number of aromatic nitrogens is 1. The van der Waals surface area contributed by atoms with E-state index >= 15 is 0 Å². The second kappa shape index (κ2) is 4.93. The molecule has 0 unspecified atom stereocenters. The Balaban J connectivity index is 1.77. The first-order valence-electron chi connectivity index (χ1n) is 6.39. The molecule has 0 saturated heterocycles. The average molecular weight is 288 g/mol. The van der Waals surface area contributed by atoms with Gasteiger partial charge in [0.15, 0.2) is 5.69 Å². The molecule has 1 aromatic carbocycles. The Hall–Kier alpha value is -2.83. The van der Waals surface area contributed by atoms with Gasteiger partial charge in [0.25, 0.3) is 5.91 Å². The standard InChI is InChI=1S/C14H12N2O5/c17-11-4-3-8(5-9(11)14(19)20)15-13(18)10-6-12(21-16-10)7-1-2-7/h3-7,17H,1-2H2,(H,15,18)(H,19,20). The van der Waals surface area contributed by atoms with Crippen LogP contribution in [0, 0.1) is 0 Å². The molecule has 1 aromatic heterocycles. The molecule has 0 aliphatic heterocycles. The van der Waals surface area contributed by atoms with Gasteiger partial charge in [0.2, 0.25) is 0 Å². The molecule has 1 aliphatic rings. The number of aromatic hydroxyl groups is 1. The van der Waals surface area contributed by atoms with E-state index in [0.29, 0.717) is 11.7 Å². The summed E-state index contributed by atoms with van der Waals surface area (Å²) in [5, 5.41) is 24.5. The third kappa shape index (κ3) is 2.71. The van der Waals surface area contributed by atoms with Gasteiger partial charge in [0.1, 0.15) is 17.1 Å². The van der Waals surface area contributed by atoms with Crippen molar-refractivity contribution in [1.82, 2.24) is 5.16 Å². The lowest BCUT2D eigenvalue weighted by atomic mass is 10.1. The Morgan fingerprint density at radius 2 is 2.05 bits per heavy atom. The number of aromatic carboxylic acids is 1. The molecule has 21 heavy (non-hydrogen) atoms. The minimum absolute atomic E-state index is 0.141. The highest BCUT2D eigenvalue weighted by molar-refractivity contribution is 6.03. The van der Waals surface area contributed by atoms with E-state index in [1.54, 1.807) is 6.07 Å². The van der Waals surface area contributed by atoms with Crippen molar-refractivity contribution < 1.29 is 24.3 Å². The molecule has 1 saturated carbocycles. The van der Waals surface area contributed by atoms with Crippen molar-refractivity contribution in [3.8, 4) is 5.75 Å². The van der Waals surface area contributed by atoms with Crippen LogP contribution < -0.4 is 5.32 Å². The minimum atomic E-state index is -1.28. The fraction of sp³-hybridized carbons (Fsp3) is 0.214. The van der Waals surface area contributed by atoms with E-state index in [1.807, 2.05) is 0 Å². The summed E-state index contributed by atoms with van der Waals surface area (Å²) in [6.45, 7) is 0. The normalized spacial score (nSPS) is 13.9. The van der Waals surface area contributed by atoms with Gasteiger partial charge in [-0.2, -0.15) is 0 Å². The summed E-state index contributed by atoms with van der Waals surface area (Å²) in [6.07, 6.45) is 2.08. The topological polar surface area (TPSA) is 113 Å². The minimum Gasteiger partial charge on any atom is -0.507 e. The van der Waals surface area contributed by atoms with Crippen molar-refractivity contribution in [3.05, 3.63) is 41.3 Å². The van der Waals surface area contributed by atoms with Crippen LogP contribution in [0.2, 0.25) is 0 Å². The average Bonchev–Trinajstić information content (AvgIpc) is 3.18. The number of hydrogen-bond acceptors (Lipinski definition) is 5. The Kier molecular flexibility index (Phi) is 3.09. The van der Waals surface area contributed by atoms with Crippen LogP contribution in [0.4, 0.5) is 5.69 Å². The summed E-state index contributed by atoms with van der Waals surface area (Å²) < 4.78 is 5.08. The highest BCUT2D eigenvalue weighted by Gasteiger charge is 2.28. The van der Waals surface area contributed by atoms with Crippen LogP contribution in [0.3, 0.4) is 0 Å². The summed E-state index contributed by atoms with van der Waals surface area (Å²) in [5.41, 5.74) is 0.111. The molecule has 3 N–H and O–H groups in total. The number of rotatable bonds is 4. The van der Waals surface area contributed by atoms with Crippen LogP contribution in [-0.2, 0) is 0 Å². The Morgan fingerprint density at radius 1 is 1.29 bits per heavy atom. The van der Waals surface area contributed by atoms with Crippen molar-refractivity contribution in [2.45, 2.75) is 18.8 Å². The highest BCUT2D eigenvalue weighted by atomic mass is 16.5. The molecule has 7 nitrogen and oxygen atoms in total. The van der Waals surface area contributed by atoms with E-state index in [9.17, 15) is 14.7 Å². The molecule has 1 aliphatic carbocycles. The van der Waals surface area contributed by atoms with Crippen molar-refractivity contribution in [2.75, 3.05) is 5.32 Å². The Morgan fingerprint density at radius 3 is 2.71 bits per heavy atom. The predicted molar refractivity (Wildman–Crippen MR) is 71.5 cm³/mol. The number of amides is 1. The van der Waals surface area contributed by atoms with E-state index in [4.69, 9.17) is 9.63 Å². The van der Waals surface area contributed by atoms with E-state index in [0.717, 1.165) is 12.8 Å². The van der Waals surface area contributed by atoms with E-state index in [2.05, 4.69) is 10.5 Å². The Labute approximate surface area is 119 Å². The predicted octanol–water partition coefficient (Wildman–Crippen LogP) is 2.21. The number of hydrogen-bond donors (Lipinski definition) is 3. The lowest BCUT2D eigenvalue weighted by Gasteiger charge is -2.05. The van der Waals surface area contributed by atoms with Gasteiger partial charge in [-0.25, -0.2) is 4.79 Å². The summed E-state index contributed by atoms with van der Waals surface area (Å²) in [6, 6.07) is 5.38. The van der Waals surface area contributed by atoms with Crippen LogP contribution in [0.5, 0.6) is 5.75 Å². The van der Waals surface area contributed by atoms with Crippen molar-refractivity contribution in [1.29, 1.82) is 0 Å². The van der Waals surface area contributed by atoms with E-state index < -0.39 is 11.9 Å². The molecule has 1 fully saturated rings. The molecule has 7 heteroatoms. The molecule has 3 rings (SSSR count). The molecule has 108 valence electrons. The Bertz CT molecular complexity index is 718. The summed E-state index contributed by atoms with van der Waals surface area (Å²) in [5.74, 6) is -1.09. The first-order chi connectivity index (χ1) is 10.0.